The third-order valence-corrected chi connectivity index (χ3v) is 5.70. The minimum absolute atomic E-state index is 0. The van der Waals surface area contributed by atoms with Crippen LogP contribution in [-0.4, -0.2) is 29.2 Å². The summed E-state index contributed by atoms with van der Waals surface area (Å²) in [6.07, 6.45) is 11.0. The van der Waals surface area contributed by atoms with Crippen LogP contribution in [0, 0.1) is 5.41 Å². The smallest absolute Gasteiger partial charge is 0.852 e. The van der Waals surface area contributed by atoms with Gasteiger partial charge < -0.3 is 10.2 Å². The monoisotopic (exact) mass is 484 g/mol. The average Bonchev–Trinajstić information content (AvgIpc) is 2.45. The summed E-state index contributed by atoms with van der Waals surface area (Å²) in [6.45, 7) is 20.2. The van der Waals surface area contributed by atoms with Crippen molar-refractivity contribution >= 4 is 17.8 Å². The van der Waals surface area contributed by atoms with Gasteiger partial charge >= 0.3 is 21.7 Å². The van der Waals surface area contributed by atoms with Gasteiger partial charge in [0.15, 0.2) is 0 Å². The SMILES string of the molecule is CC(C)P.CC(C)[O-].CC(C)[O-].CCCC1(CCC)CCCC(PC(C)C)C1.[Ti+2]. The zero-order valence-electron chi connectivity index (χ0n) is 21.4. The Hall–Kier alpha value is 1.49. The Morgan fingerprint density at radius 3 is 1.52 bits per heavy atom. The van der Waals surface area contributed by atoms with Crippen molar-refractivity contribution in [2.24, 2.45) is 5.41 Å². The molecule has 5 heteroatoms. The van der Waals surface area contributed by atoms with E-state index in [2.05, 4.69) is 50.8 Å². The van der Waals surface area contributed by atoms with Crippen LogP contribution in [0.4, 0.5) is 0 Å². The Balaban J connectivity index is -0.000000199. The predicted molar refractivity (Wildman–Crippen MR) is 133 cm³/mol. The largest absolute Gasteiger partial charge is 2.00 e. The normalized spacial score (nSPS) is 17.9. The molecule has 1 saturated carbocycles. The van der Waals surface area contributed by atoms with Crippen LogP contribution >= 0.6 is 17.8 Å². The van der Waals surface area contributed by atoms with Crippen LogP contribution in [0.5, 0.6) is 0 Å². The molecule has 0 aromatic heterocycles. The summed E-state index contributed by atoms with van der Waals surface area (Å²) >= 11 is 0. The molecule has 0 spiro atoms. The molecule has 2 nitrogen and oxygen atoms in total. The second-order valence-corrected chi connectivity index (χ2v) is 13.1. The van der Waals surface area contributed by atoms with Crippen LogP contribution in [-0.2, 0) is 21.7 Å². The van der Waals surface area contributed by atoms with Crippen molar-refractivity contribution in [1.82, 2.24) is 0 Å². The van der Waals surface area contributed by atoms with Gasteiger partial charge in [-0.25, -0.2) is 0 Å². The van der Waals surface area contributed by atoms with E-state index in [0.29, 0.717) is 0 Å². The number of hydrogen-bond acceptors (Lipinski definition) is 2. The molecule has 1 fully saturated rings. The molecule has 1 rings (SSSR count). The molecule has 176 valence electrons. The Kier molecular flexibility index (Phi) is 31.5. The molecule has 1 aliphatic rings. The Bertz CT molecular complexity index is 277. The standard InChI is InChI=1S/C15H31P.2C3H7O.C3H9P.Ti/c1-5-9-15(10-6-2)11-7-8-14(12-15)16-13(3)4;3*1-3(2)4;/h13-14,16H,5-12H2,1-4H3;2*3H,1-2H3;3H,4H2,1-2H3;/q;2*-1;;+2. The Morgan fingerprint density at radius 2 is 1.24 bits per heavy atom. The zero-order valence-corrected chi connectivity index (χ0v) is 25.2. The summed E-state index contributed by atoms with van der Waals surface area (Å²) in [7, 11) is 3.87. The van der Waals surface area contributed by atoms with E-state index in [-0.39, 0.29) is 21.7 Å². The van der Waals surface area contributed by atoms with Crippen LogP contribution in [0.25, 0.3) is 0 Å². The van der Waals surface area contributed by atoms with Gasteiger partial charge in [-0.05, 0) is 54.5 Å². The molecule has 0 aliphatic heterocycles. The summed E-state index contributed by atoms with van der Waals surface area (Å²) < 4.78 is 0. The second-order valence-electron chi connectivity index (χ2n) is 9.46. The van der Waals surface area contributed by atoms with Gasteiger partial charge in [-0.2, -0.15) is 0 Å². The summed E-state index contributed by atoms with van der Waals surface area (Å²) in [4.78, 5) is 0. The molecule has 29 heavy (non-hydrogen) atoms. The first-order valence-electron chi connectivity index (χ1n) is 11.6. The Morgan fingerprint density at radius 1 is 0.897 bits per heavy atom. The van der Waals surface area contributed by atoms with E-state index in [9.17, 15) is 10.2 Å². The van der Waals surface area contributed by atoms with E-state index in [1.165, 1.54) is 53.5 Å². The maximum atomic E-state index is 9.53. The van der Waals surface area contributed by atoms with Gasteiger partial charge in [0.2, 0.25) is 0 Å². The molecule has 0 bridgehead atoms. The molecular weight excluding hydrogens is 430 g/mol. The second kappa shape index (κ2) is 24.1. The van der Waals surface area contributed by atoms with Crippen molar-refractivity contribution < 1.29 is 31.9 Å². The van der Waals surface area contributed by atoms with Crippen molar-refractivity contribution in [1.29, 1.82) is 0 Å². The third kappa shape index (κ3) is 34.3. The molecule has 3 atom stereocenters. The molecule has 0 aromatic rings. The van der Waals surface area contributed by atoms with Crippen LogP contribution in [0.15, 0.2) is 0 Å². The average molecular weight is 485 g/mol. The van der Waals surface area contributed by atoms with E-state index in [1.54, 1.807) is 34.1 Å². The van der Waals surface area contributed by atoms with Gasteiger partial charge in [0.05, 0.1) is 0 Å². The van der Waals surface area contributed by atoms with Gasteiger partial charge in [0.25, 0.3) is 0 Å². The molecule has 0 heterocycles. The molecule has 0 amide bonds. The summed E-state index contributed by atoms with van der Waals surface area (Å²) in [5.74, 6) is 0. The van der Waals surface area contributed by atoms with Crippen molar-refractivity contribution in [3.05, 3.63) is 0 Å². The fourth-order valence-electron chi connectivity index (χ4n) is 3.70. The van der Waals surface area contributed by atoms with Gasteiger partial charge in [-0.15, -0.1) is 30.0 Å². The van der Waals surface area contributed by atoms with Gasteiger partial charge in [-0.3, -0.25) is 0 Å². The minimum Gasteiger partial charge on any atom is -0.852 e. The quantitative estimate of drug-likeness (QED) is 0.324. The summed E-state index contributed by atoms with van der Waals surface area (Å²) in [5, 5.41) is 19.1. The molecule has 3 unspecified atom stereocenters. The van der Waals surface area contributed by atoms with E-state index in [0.717, 1.165) is 22.4 Å². The van der Waals surface area contributed by atoms with Crippen LogP contribution in [0.3, 0.4) is 0 Å². The fraction of sp³-hybridized carbons (Fsp3) is 1.00. The van der Waals surface area contributed by atoms with Gasteiger partial charge in [0.1, 0.15) is 0 Å². The third-order valence-electron chi connectivity index (χ3n) is 4.07. The zero-order chi connectivity index (χ0) is 22.8. The van der Waals surface area contributed by atoms with Crippen LogP contribution < -0.4 is 10.2 Å². The van der Waals surface area contributed by atoms with Gasteiger partial charge in [-0.1, -0.05) is 88.5 Å². The topological polar surface area (TPSA) is 46.1 Å². The van der Waals surface area contributed by atoms with Crippen molar-refractivity contribution in [2.75, 3.05) is 0 Å². The first-order valence-corrected chi connectivity index (χ1v) is 13.5. The summed E-state index contributed by atoms with van der Waals surface area (Å²) in [6, 6.07) is 0. The Labute approximate surface area is 204 Å². The van der Waals surface area contributed by atoms with Crippen LogP contribution in [0.1, 0.15) is 121 Å². The van der Waals surface area contributed by atoms with Crippen molar-refractivity contribution in [3.63, 3.8) is 0 Å². The van der Waals surface area contributed by atoms with E-state index in [4.69, 9.17) is 0 Å². The minimum atomic E-state index is -0.417. The maximum absolute atomic E-state index is 9.53. The first-order chi connectivity index (χ1) is 12.8. The van der Waals surface area contributed by atoms with Crippen LogP contribution in [0.2, 0.25) is 0 Å². The molecule has 0 aromatic carbocycles. The number of hydrogen-bond donors (Lipinski definition) is 0. The van der Waals surface area contributed by atoms with Crippen molar-refractivity contribution in [2.45, 2.75) is 150 Å². The molecule has 0 N–H and O–H groups in total. The fourth-order valence-corrected chi connectivity index (χ4v) is 5.57. The predicted octanol–water partition coefficient (Wildman–Crippen LogP) is 6.38. The summed E-state index contributed by atoms with van der Waals surface area (Å²) in [5.41, 5.74) is 3.48. The molecule has 0 saturated heterocycles. The number of rotatable bonds is 6. The maximum Gasteiger partial charge on any atom is 2.00 e. The van der Waals surface area contributed by atoms with E-state index < -0.39 is 12.2 Å². The molecular formula is C24H54O2P2Ti. The van der Waals surface area contributed by atoms with Crippen molar-refractivity contribution in [3.8, 4) is 0 Å². The van der Waals surface area contributed by atoms with Gasteiger partial charge in [0, 0.05) is 0 Å². The molecule has 1 aliphatic carbocycles. The molecule has 0 radical (unpaired) electrons. The van der Waals surface area contributed by atoms with E-state index in [1.807, 2.05) is 0 Å². The van der Waals surface area contributed by atoms with E-state index >= 15 is 0 Å². The first kappa shape index (κ1) is 37.8.